The van der Waals surface area contributed by atoms with Crippen LogP contribution in [0.15, 0.2) is 15.9 Å². The summed E-state index contributed by atoms with van der Waals surface area (Å²) in [5, 5.41) is 2.06. The van der Waals surface area contributed by atoms with E-state index in [0.717, 1.165) is 17.5 Å². The van der Waals surface area contributed by atoms with Crippen molar-refractivity contribution in [3.8, 4) is 0 Å². The Kier molecular flexibility index (Phi) is 4.16. The van der Waals surface area contributed by atoms with Crippen LogP contribution in [-0.4, -0.2) is 12.7 Å². The first kappa shape index (κ1) is 11.5. The molecule has 2 rings (SSSR count). The standard InChI is InChI=1S/C10H15BrN2OS/c11-7-4-6-15-10(7)9(13-12)8-3-1-2-5-14-8/h4,6,8-9,13H,1-3,5,12H2. The molecule has 1 fully saturated rings. The fourth-order valence-corrected chi connectivity index (χ4v) is 3.64. The molecule has 0 amide bonds. The molecule has 3 nitrogen and oxygen atoms in total. The fourth-order valence-electron chi connectivity index (χ4n) is 1.91. The molecule has 0 spiro atoms. The lowest BCUT2D eigenvalue weighted by atomic mass is 10.0. The first-order chi connectivity index (χ1) is 7.33. The molecule has 2 atom stereocenters. The Morgan fingerprint density at radius 3 is 3.00 bits per heavy atom. The molecule has 1 aliphatic rings. The van der Waals surface area contributed by atoms with Gasteiger partial charge in [0.2, 0.25) is 0 Å². The van der Waals surface area contributed by atoms with Crippen molar-refractivity contribution < 1.29 is 4.74 Å². The summed E-state index contributed by atoms with van der Waals surface area (Å²) < 4.78 is 6.87. The molecule has 3 N–H and O–H groups in total. The van der Waals surface area contributed by atoms with Gasteiger partial charge in [-0.3, -0.25) is 5.84 Å². The SMILES string of the molecule is NNC(c1sccc1Br)C1CCCCO1. The summed E-state index contributed by atoms with van der Waals surface area (Å²) in [7, 11) is 0. The highest BCUT2D eigenvalue weighted by Gasteiger charge is 2.27. The molecule has 1 aromatic rings. The first-order valence-corrected chi connectivity index (χ1v) is 6.81. The van der Waals surface area contributed by atoms with Gasteiger partial charge in [-0.25, -0.2) is 5.43 Å². The largest absolute Gasteiger partial charge is 0.376 e. The smallest absolute Gasteiger partial charge is 0.0826 e. The van der Waals surface area contributed by atoms with Crippen LogP contribution >= 0.6 is 27.3 Å². The molecular formula is C10H15BrN2OS. The molecule has 0 radical (unpaired) electrons. The fraction of sp³-hybridized carbons (Fsp3) is 0.600. The molecule has 0 aromatic carbocycles. The Balaban J connectivity index is 2.12. The Labute approximate surface area is 102 Å². The number of hydrazine groups is 1. The Morgan fingerprint density at radius 2 is 2.47 bits per heavy atom. The van der Waals surface area contributed by atoms with Crippen LogP contribution in [0, 0.1) is 0 Å². The highest BCUT2D eigenvalue weighted by Crippen LogP contribution is 2.34. The predicted molar refractivity (Wildman–Crippen MR) is 65.7 cm³/mol. The number of nitrogens with one attached hydrogen (secondary N) is 1. The van der Waals surface area contributed by atoms with E-state index in [1.54, 1.807) is 11.3 Å². The van der Waals surface area contributed by atoms with Crippen LogP contribution in [0.25, 0.3) is 0 Å². The lowest BCUT2D eigenvalue weighted by Crippen LogP contribution is -2.39. The minimum atomic E-state index is 0.111. The average Bonchev–Trinajstić information content (AvgIpc) is 2.68. The first-order valence-electron chi connectivity index (χ1n) is 5.13. The molecule has 1 aromatic heterocycles. The quantitative estimate of drug-likeness (QED) is 0.664. The highest BCUT2D eigenvalue weighted by atomic mass is 79.9. The van der Waals surface area contributed by atoms with E-state index >= 15 is 0 Å². The van der Waals surface area contributed by atoms with Gasteiger partial charge in [0.05, 0.1) is 12.1 Å². The van der Waals surface area contributed by atoms with E-state index in [1.165, 1.54) is 17.7 Å². The molecule has 0 aliphatic carbocycles. The third-order valence-corrected chi connectivity index (χ3v) is 4.65. The molecule has 1 saturated heterocycles. The molecular weight excluding hydrogens is 276 g/mol. The second-order valence-electron chi connectivity index (χ2n) is 3.68. The summed E-state index contributed by atoms with van der Waals surface area (Å²) in [5.74, 6) is 5.62. The van der Waals surface area contributed by atoms with Crippen LogP contribution in [0.1, 0.15) is 30.2 Å². The molecule has 1 aliphatic heterocycles. The van der Waals surface area contributed by atoms with E-state index < -0.39 is 0 Å². The van der Waals surface area contributed by atoms with Crippen LogP contribution in [0.4, 0.5) is 0 Å². The average molecular weight is 291 g/mol. The number of rotatable bonds is 3. The van der Waals surface area contributed by atoms with Crippen LogP contribution in [0.2, 0.25) is 0 Å². The van der Waals surface area contributed by atoms with Crippen LogP contribution in [0.5, 0.6) is 0 Å². The monoisotopic (exact) mass is 290 g/mol. The lowest BCUT2D eigenvalue weighted by molar-refractivity contribution is -0.00760. The second kappa shape index (κ2) is 5.41. The number of hydrogen-bond donors (Lipinski definition) is 2. The molecule has 2 unspecified atom stereocenters. The molecule has 0 saturated carbocycles. The summed E-state index contributed by atoms with van der Waals surface area (Å²) in [6.45, 7) is 0.853. The zero-order chi connectivity index (χ0) is 10.7. The zero-order valence-electron chi connectivity index (χ0n) is 8.41. The number of thiophene rings is 1. The van der Waals surface area contributed by atoms with Crippen LogP contribution in [-0.2, 0) is 4.74 Å². The van der Waals surface area contributed by atoms with Crippen molar-refractivity contribution in [1.82, 2.24) is 5.43 Å². The molecule has 2 heterocycles. The third kappa shape index (κ3) is 2.60. The normalized spacial score (nSPS) is 24.0. The summed E-state index contributed by atoms with van der Waals surface area (Å²) in [4.78, 5) is 1.23. The van der Waals surface area contributed by atoms with E-state index in [1.807, 2.05) is 6.07 Å². The van der Waals surface area contributed by atoms with Crippen molar-refractivity contribution in [2.24, 2.45) is 5.84 Å². The van der Waals surface area contributed by atoms with Gasteiger partial charge in [-0.1, -0.05) is 0 Å². The van der Waals surface area contributed by atoms with Gasteiger partial charge in [-0.05, 0) is 46.6 Å². The van der Waals surface area contributed by atoms with Gasteiger partial charge in [-0.2, -0.15) is 0 Å². The van der Waals surface area contributed by atoms with Crippen molar-refractivity contribution >= 4 is 27.3 Å². The van der Waals surface area contributed by atoms with E-state index in [0.29, 0.717) is 0 Å². The molecule has 15 heavy (non-hydrogen) atoms. The van der Waals surface area contributed by atoms with Crippen LogP contribution in [0.3, 0.4) is 0 Å². The Bertz CT molecular complexity index is 312. The van der Waals surface area contributed by atoms with Gasteiger partial charge < -0.3 is 4.74 Å². The van der Waals surface area contributed by atoms with Crippen molar-refractivity contribution in [1.29, 1.82) is 0 Å². The lowest BCUT2D eigenvalue weighted by Gasteiger charge is -2.29. The van der Waals surface area contributed by atoms with Gasteiger partial charge in [0.1, 0.15) is 0 Å². The number of ether oxygens (including phenoxy) is 1. The topological polar surface area (TPSA) is 47.3 Å². The van der Waals surface area contributed by atoms with E-state index in [4.69, 9.17) is 10.6 Å². The number of hydrogen-bond acceptors (Lipinski definition) is 4. The second-order valence-corrected chi connectivity index (χ2v) is 5.48. The number of nitrogens with two attached hydrogens (primary N) is 1. The van der Waals surface area contributed by atoms with Crippen molar-refractivity contribution in [2.45, 2.75) is 31.4 Å². The maximum absolute atomic E-state index is 5.75. The maximum atomic E-state index is 5.75. The minimum Gasteiger partial charge on any atom is -0.376 e. The Hall–Kier alpha value is 0.0600. The van der Waals surface area contributed by atoms with Crippen LogP contribution < -0.4 is 11.3 Å². The summed E-state index contributed by atoms with van der Waals surface area (Å²) in [6, 6.07) is 2.16. The van der Waals surface area contributed by atoms with Gasteiger partial charge in [0.15, 0.2) is 0 Å². The zero-order valence-corrected chi connectivity index (χ0v) is 10.8. The molecule has 5 heteroatoms. The van der Waals surface area contributed by atoms with E-state index in [-0.39, 0.29) is 12.1 Å². The van der Waals surface area contributed by atoms with Gasteiger partial charge in [0.25, 0.3) is 0 Å². The third-order valence-electron chi connectivity index (χ3n) is 2.69. The summed E-state index contributed by atoms with van der Waals surface area (Å²) in [5.41, 5.74) is 2.87. The maximum Gasteiger partial charge on any atom is 0.0826 e. The van der Waals surface area contributed by atoms with E-state index in [2.05, 4.69) is 26.7 Å². The van der Waals surface area contributed by atoms with Crippen molar-refractivity contribution in [3.63, 3.8) is 0 Å². The predicted octanol–water partition coefficient (Wildman–Crippen LogP) is 2.58. The van der Waals surface area contributed by atoms with Gasteiger partial charge in [-0.15, -0.1) is 11.3 Å². The summed E-state index contributed by atoms with van der Waals surface area (Å²) in [6.07, 6.45) is 3.68. The highest BCUT2D eigenvalue weighted by molar-refractivity contribution is 9.10. The van der Waals surface area contributed by atoms with Gasteiger partial charge in [0, 0.05) is 16.0 Å². The summed E-state index contributed by atoms with van der Waals surface area (Å²) >= 11 is 5.24. The van der Waals surface area contributed by atoms with Crippen molar-refractivity contribution in [3.05, 3.63) is 20.8 Å². The Morgan fingerprint density at radius 1 is 1.60 bits per heavy atom. The minimum absolute atomic E-state index is 0.111. The van der Waals surface area contributed by atoms with Gasteiger partial charge >= 0.3 is 0 Å². The molecule has 84 valence electrons. The molecule has 0 bridgehead atoms. The van der Waals surface area contributed by atoms with Crippen molar-refractivity contribution in [2.75, 3.05) is 6.61 Å². The number of halogens is 1. The van der Waals surface area contributed by atoms with E-state index in [9.17, 15) is 0 Å².